The summed E-state index contributed by atoms with van der Waals surface area (Å²) in [6.45, 7) is 0. The Bertz CT molecular complexity index is 2660. The average molecular weight is 599 g/mol. The summed E-state index contributed by atoms with van der Waals surface area (Å²) in [5, 5.41) is 9.96. The van der Waals surface area contributed by atoms with Crippen LogP contribution in [0.5, 0.6) is 0 Å². The van der Waals surface area contributed by atoms with Gasteiger partial charge in [0.1, 0.15) is 11.2 Å². The molecule has 0 N–H and O–H groups in total. The fourth-order valence-electron chi connectivity index (χ4n) is 7.96. The van der Waals surface area contributed by atoms with E-state index in [0.29, 0.717) is 0 Å². The minimum atomic E-state index is 0.947. The zero-order valence-corrected chi connectivity index (χ0v) is 25.8. The first-order valence-corrected chi connectivity index (χ1v) is 16.5. The third kappa shape index (κ3) is 4.03. The van der Waals surface area contributed by atoms with Crippen LogP contribution in [0.25, 0.3) is 93.7 Å². The van der Waals surface area contributed by atoms with Gasteiger partial charge in [-0.05, 0) is 102 Å². The lowest BCUT2D eigenvalue weighted by Gasteiger charge is -2.18. The summed E-state index contributed by atoms with van der Waals surface area (Å²) in [7, 11) is 0. The quantitative estimate of drug-likeness (QED) is 0.184. The number of rotatable bonds is 3. The topological polar surface area (TPSA) is 13.1 Å². The molecule has 0 fully saturated rings. The van der Waals surface area contributed by atoms with Crippen LogP contribution in [0.15, 0.2) is 156 Å². The molecule has 1 heteroatoms. The largest absolute Gasteiger partial charge is 0.456 e. The van der Waals surface area contributed by atoms with Crippen molar-refractivity contribution in [3.8, 4) is 33.4 Å². The molecule has 1 nitrogen and oxygen atoms in total. The molecule has 0 spiro atoms. The number of aryl methyl sites for hydroxylation is 1. The summed E-state index contributed by atoms with van der Waals surface area (Å²) >= 11 is 0. The molecule has 1 heterocycles. The second-order valence-electron chi connectivity index (χ2n) is 12.7. The molecule has 9 aromatic rings. The fraction of sp³-hybridized carbons (Fsp3) is 0.0435. The molecule has 8 aromatic carbocycles. The zero-order valence-electron chi connectivity index (χ0n) is 25.8. The summed E-state index contributed by atoms with van der Waals surface area (Å²) in [5.74, 6) is 0. The van der Waals surface area contributed by atoms with Crippen molar-refractivity contribution in [1.82, 2.24) is 0 Å². The number of hydrogen-bond acceptors (Lipinski definition) is 1. The minimum Gasteiger partial charge on any atom is -0.456 e. The molecule has 0 unspecified atom stereocenters. The summed E-state index contributed by atoms with van der Waals surface area (Å²) in [6, 6.07) is 53.4. The van der Waals surface area contributed by atoms with Crippen LogP contribution in [-0.2, 0) is 6.42 Å². The lowest BCUT2D eigenvalue weighted by Crippen LogP contribution is -1.93. The van der Waals surface area contributed by atoms with E-state index in [1.54, 1.807) is 0 Å². The van der Waals surface area contributed by atoms with Gasteiger partial charge in [-0.1, -0.05) is 140 Å². The molecule has 0 atom stereocenters. The number of hydrogen-bond donors (Lipinski definition) is 0. The Balaban J connectivity index is 1.18. The van der Waals surface area contributed by atoms with Crippen molar-refractivity contribution >= 4 is 60.3 Å². The van der Waals surface area contributed by atoms with Crippen molar-refractivity contribution in [2.24, 2.45) is 0 Å². The van der Waals surface area contributed by atoms with Crippen LogP contribution in [0.3, 0.4) is 0 Å². The van der Waals surface area contributed by atoms with Gasteiger partial charge in [0.2, 0.25) is 0 Å². The first-order chi connectivity index (χ1) is 23.3. The molecule has 0 saturated carbocycles. The molecular formula is C46H30O. The maximum atomic E-state index is 6.52. The van der Waals surface area contributed by atoms with Crippen molar-refractivity contribution in [2.45, 2.75) is 12.8 Å². The third-order valence-electron chi connectivity index (χ3n) is 10.1. The lowest BCUT2D eigenvalue weighted by atomic mass is 9.85. The van der Waals surface area contributed by atoms with Gasteiger partial charge in [-0.2, -0.15) is 0 Å². The van der Waals surface area contributed by atoms with E-state index in [4.69, 9.17) is 4.42 Å². The van der Waals surface area contributed by atoms with Crippen molar-refractivity contribution in [3.05, 3.63) is 163 Å². The molecule has 0 saturated heterocycles. The van der Waals surface area contributed by atoms with E-state index >= 15 is 0 Å². The smallest absolute Gasteiger partial charge is 0.139 e. The fourth-order valence-corrected chi connectivity index (χ4v) is 7.96. The van der Waals surface area contributed by atoms with E-state index < -0.39 is 0 Å². The minimum absolute atomic E-state index is 0.947. The molecule has 1 aliphatic rings. The van der Waals surface area contributed by atoms with E-state index in [9.17, 15) is 0 Å². The Morgan fingerprint density at radius 3 is 1.81 bits per heavy atom. The first kappa shape index (κ1) is 26.3. The predicted molar refractivity (Wildman–Crippen MR) is 200 cm³/mol. The lowest BCUT2D eigenvalue weighted by molar-refractivity contribution is 0.661. The monoisotopic (exact) mass is 598 g/mol. The molecule has 1 aliphatic carbocycles. The molecule has 1 aromatic heterocycles. The molecule has 47 heavy (non-hydrogen) atoms. The maximum Gasteiger partial charge on any atom is 0.139 e. The first-order valence-electron chi connectivity index (χ1n) is 16.5. The van der Waals surface area contributed by atoms with Gasteiger partial charge < -0.3 is 4.42 Å². The van der Waals surface area contributed by atoms with E-state index in [1.807, 2.05) is 0 Å². The number of allylic oxidation sites excluding steroid dienone is 1. The van der Waals surface area contributed by atoms with Crippen LogP contribution in [0.2, 0.25) is 0 Å². The molecule has 0 aliphatic heterocycles. The number of furan rings is 1. The normalized spacial score (nSPS) is 12.9. The summed E-state index contributed by atoms with van der Waals surface area (Å²) < 4.78 is 6.52. The van der Waals surface area contributed by atoms with Crippen LogP contribution in [-0.4, -0.2) is 0 Å². The van der Waals surface area contributed by atoms with E-state index in [0.717, 1.165) is 24.0 Å². The highest BCUT2D eigenvalue weighted by molar-refractivity contribution is 6.22. The standard InChI is InChI=1S/C46H30O/c1-3-13-34-29(10-1)12-9-19-35(34)31-20-22-32(23-21-31)44-37-15-5-7-17-39(37)45(40-18-8-6-16-38(40)44)33-25-27-43-42(28-33)41-26-24-30-11-2-4-14-36(30)46(41)47-43/h1-3,5-13,15-28H,4,14H2. The predicted octanol–water partition coefficient (Wildman–Crippen LogP) is 13.0. The summed E-state index contributed by atoms with van der Waals surface area (Å²) in [5.41, 5.74) is 12.1. The number of benzene rings is 8. The van der Waals surface area contributed by atoms with Gasteiger partial charge in [0.15, 0.2) is 0 Å². The molecule has 220 valence electrons. The van der Waals surface area contributed by atoms with Gasteiger partial charge in [0.25, 0.3) is 0 Å². The van der Waals surface area contributed by atoms with Crippen LogP contribution in [0.4, 0.5) is 0 Å². The van der Waals surface area contributed by atoms with Crippen LogP contribution in [0.1, 0.15) is 17.5 Å². The van der Waals surface area contributed by atoms with Crippen molar-refractivity contribution in [3.63, 3.8) is 0 Å². The van der Waals surface area contributed by atoms with Gasteiger partial charge in [0.05, 0.1) is 0 Å². The van der Waals surface area contributed by atoms with Gasteiger partial charge in [0, 0.05) is 16.3 Å². The van der Waals surface area contributed by atoms with Crippen molar-refractivity contribution < 1.29 is 4.42 Å². The summed E-state index contributed by atoms with van der Waals surface area (Å²) in [6.07, 6.45) is 6.57. The Labute approximate surface area is 273 Å². The molecular weight excluding hydrogens is 569 g/mol. The van der Waals surface area contributed by atoms with Crippen LogP contribution >= 0.6 is 0 Å². The highest BCUT2D eigenvalue weighted by Crippen LogP contribution is 2.45. The summed E-state index contributed by atoms with van der Waals surface area (Å²) in [4.78, 5) is 0. The zero-order chi connectivity index (χ0) is 30.9. The van der Waals surface area contributed by atoms with Gasteiger partial charge in [-0.25, -0.2) is 0 Å². The second kappa shape index (κ2) is 10.3. The Morgan fingerprint density at radius 1 is 0.447 bits per heavy atom. The van der Waals surface area contributed by atoms with E-state index in [2.05, 4.69) is 158 Å². The van der Waals surface area contributed by atoms with E-state index in [1.165, 1.54) is 87.6 Å². The molecule has 0 bridgehead atoms. The van der Waals surface area contributed by atoms with Gasteiger partial charge in [-0.15, -0.1) is 0 Å². The highest BCUT2D eigenvalue weighted by Gasteiger charge is 2.19. The van der Waals surface area contributed by atoms with Crippen LogP contribution in [0, 0.1) is 0 Å². The molecule has 0 radical (unpaired) electrons. The third-order valence-corrected chi connectivity index (χ3v) is 10.1. The second-order valence-corrected chi connectivity index (χ2v) is 12.7. The number of fused-ring (bicyclic) bond motifs is 8. The Kier molecular flexibility index (Phi) is 5.77. The maximum absolute atomic E-state index is 6.52. The van der Waals surface area contributed by atoms with E-state index in [-0.39, 0.29) is 0 Å². The van der Waals surface area contributed by atoms with Crippen LogP contribution < -0.4 is 0 Å². The average Bonchev–Trinajstić information content (AvgIpc) is 3.52. The molecule has 10 rings (SSSR count). The van der Waals surface area contributed by atoms with Crippen molar-refractivity contribution in [1.29, 1.82) is 0 Å². The Morgan fingerprint density at radius 2 is 1.06 bits per heavy atom. The highest BCUT2D eigenvalue weighted by atomic mass is 16.3. The molecule has 0 amide bonds. The van der Waals surface area contributed by atoms with Gasteiger partial charge >= 0.3 is 0 Å². The SMILES string of the molecule is C1=Cc2ccc3c(oc4ccc(-c5c6ccccc6c(-c6ccc(-c7cccc8ccccc78)cc6)c6ccccc56)cc43)c2CC1. The Hall–Kier alpha value is -5.92. The van der Waals surface area contributed by atoms with Gasteiger partial charge in [-0.3, -0.25) is 0 Å². The van der Waals surface area contributed by atoms with Crippen molar-refractivity contribution in [2.75, 3.05) is 0 Å².